The number of piperidine rings is 1. The number of hydrogen-bond acceptors (Lipinski definition) is 4. The van der Waals surface area contributed by atoms with Crippen molar-refractivity contribution in [2.45, 2.75) is 83.2 Å². The predicted octanol–water partition coefficient (Wildman–Crippen LogP) is 3.17. The first-order valence-corrected chi connectivity index (χ1v) is 12.9. The van der Waals surface area contributed by atoms with Gasteiger partial charge in [-0.2, -0.15) is 0 Å². The zero-order chi connectivity index (χ0) is 19.8. The zero-order valence-corrected chi connectivity index (χ0v) is 21.2. The first kappa shape index (κ1) is 25.9. The molecule has 1 heterocycles. The molecule has 0 amide bonds. The molecule has 1 atom stereocenters. The van der Waals surface area contributed by atoms with Gasteiger partial charge in [0.2, 0.25) is 0 Å². The fourth-order valence-electron chi connectivity index (χ4n) is 4.40. The molecule has 1 saturated heterocycles. The molecule has 0 aromatic heterocycles. The van der Waals surface area contributed by atoms with Gasteiger partial charge in [0.05, 0.1) is 12.3 Å². The van der Waals surface area contributed by atoms with Gasteiger partial charge in [-0.25, -0.2) is 8.42 Å². The molecule has 0 bridgehead atoms. The average Bonchev–Trinajstić information content (AvgIpc) is 2.66. The van der Waals surface area contributed by atoms with Crippen LogP contribution in [0, 0.1) is 0 Å². The summed E-state index contributed by atoms with van der Waals surface area (Å²) in [5.74, 6) is 1.03. The highest BCUT2D eigenvalue weighted by Crippen LogP contribution is 2.35. The van der Waals surface area contributed by atoms with Crippen molar-refractivity contribution in [1.29, 1.82) is 0 Å². The molecule has 28 heavy (non-hydrogen) atoms. The number of halogens is 1. The Morgan fingerprint density at radius 3 is 2.29 bits per heavy atom. The molecule has 2 N–H and O–H groups in total. The third-order valence-corrected chi connectivity index (χ3v) is 6.97. The van der Waals surface area contributed by atoms with Gasteiger partial charge in [-0.3, -0.25) is 9.89 Å². The van der Waals surface area contributed by atoms with Crippen molar-refractivity contribution in [3.05, 3.63) is 0 Å². The van der Waals surface area contributed by atoms with Gasteiger partial charge >= 0.3 is 0 Å². The van der Waals surface area contributed by atoms with Crippen molar-refractivity contribution < 1.29 is 8.42 Å². The fourth-order valence-corrected chi connectivity index (χ4v) is 5.18. The Morgan fingerprint density at radius 2 is 1.71 bits per heavy atom. The Morgan fingerprint density at radius 1 is 1.11 bits per heavy atom. The molecule has 2 aliphatic rings. The smallest absolute Gasteiger partial charge is 0.191 e. The van der Waals surface area contributed by atoms with Crippen LogP contribution >= 0.6 is 24.0 Å². The van der Waals surface area contributed by atoms with Gasteiger partial charge in [-0.05, 0) is 59.0 Å². The van der Waals surface area contributed by atoms with E-state index in [1.165, 1.54) is 70.7 Å². The minimum Gasteiger partial charge on any atom is -0.357 e. The number of likely N-dealkylation sites (tertiary alicyclic amines) is 1. The molecular weight excluding hydrogens is 487 g/mol. The Labute approximate surface area is 189 Å². The van der Waals surface area contributed by atoms with Gasteiger partial charge in [0.15, 0.2) is 5.96 Å². The number of nitrogens with one attached hydrogen (secondary N) is 2. The van der Waals surface area contributed by atoms with E-state index in [1.54, 1.807) is 0 Å². The van der Waals surface area contributed by atoms with Gasteiger partial charge in [-0.15, -0.1) is 24.0 Å². The lowest BCUT2D eigenvalue weighted by molar-refractivity contribution is 0.0407. The van der Waals surface area contributed by atoms with Crippen molar-refractivity contribution in [3.8, 4) is 0 Å². The van der Waals surface area contributed by atoms with Crippen molar-refractivity contribution in [3.63, 3.8) is 0 Å². The zero-order valence-electron chi connectivity index (χ0n) is 18.0. The fraction of sp³-hybridized carbons (Fsp3) is 0.950. The minimum absolute atomic E-state index is 0. The third-order valence-electron chi connectivity index (χ3n) is 5.99. The van der Waals surface area contributed by atoms with Crippen LogP contribution in [-0.2, 0) is 9.84 Å². The quantitative estimate of drug-likeness (QED) is 0.288. The highest BCUT2D eigenvalue weighted by atomic mass is 127. The summed E-state index contributed by atoms with van der Waals surface area (Å²) in [6.45, 7) is 8.16. The second-order valence-electron chi connectivity index (χ2n) is 8.49. The number of aliphatic imine (C=N–C) groups is 1. The standard InChI is InChI=1S/C20H40N4O2S.HI/c1-4-21-19(23-18(2)11-16-27(3,25)26)22-17-20(12-7-5-8-13-20)24-14-9-6-10-15-24;/h18H,4-17H2,1-3H3,(H2,21,22,23);1H. The predicted molar refractivity (Wildman–Crippen MR) is 130 cm³/mol. The van der Waals surface area contributed by atoms with Crippen LogP contribution in [0.25, 0.3) is 0 Å². The van der Waals surface area contributed by atoms with Crippen LogP contribution in [-0.4, -0.2) is 69.0 Å². The van der Waals surface area contributed by atoms with E-state index in [0.717, 1.165) is 19.0 Å². The van der Waals surface area contributed by atoms with E-state index in [1.807, 2.05) is 6.92 Å². The van der Waals surface area contributed by atoms with E-state index in [9.17, 15) is 8.42 Å². The Kier molecular flexibility index (Phi) is 11.6. The van der Waals surface area contributed by atoms with Gasteiger partial charge in [0.25, 0.3) is 0 Å². The lowest BCUT2D eigenvalue weighted by atomic mass is 9.79. The topological polar surface area (TPSA) is 73.8 Å². The molecule has 0 radical (unpaired) electrons. The molecule has 1 saturated carbocycles. The molecule has 6 nitrogen and oxygen atoms in total. The Hall–Kier alpha value is -0.0900. The van der Waals surface area contributed by atoms with E-state index in [-0.39, 0.29) is 41.3 Å². The van der Waals surface area contributed by atoms with E-state index >= 15 is 0 Å². The summed E-state index contributed by atoms with van der Waals surface area (Å²) >= 11 is 0. The summed E-state index contributed by atoms with van der Waals surface area (Å²) in [4.78, 5) is 7.69. The minimum atomic E-state index is -2.93. The summed E-state index contributed by atoms with van der Waals surface area (Å²) in [5, 5.41) is 6.75. The average molecular weight is 529 g/mol. The molecule has 2 fully saturated rings. The molecule has 0 aromatic carbocycles. The summed E-state index contributed by atoms with van der Waals surface area (Å²) in [6.07, 6.45) is 12.3. The van der Waals surface area contributed by atoms with Crippen molar-refractivity contribution in [2.75, 3.05) is 38.2 Å². The van der Waals surface area contributed by atoms with Crippen LogP contribution < -0.4 is 10.6 Å². The molecule has 8 heteroatoms. The maximum absolute atomic E-state index is 11.4. The van der Waals surface area contributed by atoms with Crippen LogP contribution in [0.3, 0.4) is 0 Å². The number of rotatable bonds is 8. The second kappa shape index (κ2) is 12.6. The van der Waals surface area contributed by atoms with E-state index in [2.05, 4.69) is 22.5 Å². The molecule has 1 aliphatic carbocycles. The van der Waals surface area contributed by atoms with Gasteiger partial charge < -0.3 is 10.6 Å². The number of nitrogens with zero attached hydrogens (tertiary/aromatic N) is 2. The maximum Gasteiger partial charge on any atom is 0.191 e. The van der Waals surface area contributed by atoms with Crippen molar-refractivity contribution in [2.24, 2.45) is 4.99 Å². The highest BCUT2D eigenvalue weighted by molar-refractivity contribution is 14.0. The summed E-state index contributed by atoms with van der Waals surface area (Å²) in [5.41, 5.74) is 0.219. The van der Waals surface area contributed by atoms with Gasteiger partial charge in [0, 0.05) is 24.4 Å². The summed E-state index contributed by atoms with van der Waals surface area (Å²) in [6, 6.07) is 0.0785. The van der Waals surface area contributed by atoms with Crippen LogP contribution in [0.1, 0.15) is 71.6 Å². The third kappa shape index (κ3) is 8.73. The monoisotopic (exact) mass is 528 g/mol. The Balaban J connectivity index is 0.00000392. The number of sulfone groups is 1. The maximum atomic E-state index is 11.4. The lowest BCUT2D eigenvalue weighted by Crippen LogP contribution is -2.55. The molecule has 0 spiro atoms. The summed E-state index contributed by atoms with van der Waals surface area (Å²) in [7, 11) is -2.93. The number of hydrogen-bond donors (Lipinski definition) is 2. The van der Waals surface area contributed by atoms with Crippen molar-refractivity contribution >= 4 is 39.8 Å². The van der Waals surface area contributed by atoms with Crippen LogP contribution in [0.5, 0.6) is 0 Å². The molecule has 2 rings (SSSR count). The molecule has 1 unspecified atom stereocenters. The largest absolute Gasteiger partial charge is 0.357 e. The van der Waals surface area contributed by atoms with Crippen LogP contribution in [0.2, 0.25) is 0 Å². The van der Waals surface area contributed by atoms with Crippen molar-refractivity contribution in [1.82, 2.24) is 15.5 Å². The molecule has 0 aromatic rings. The normalized spacial score (nSPS) is 22.2. The highest BCUT2D eigenvalue weighted by Gasteiger charge is 2.38. The molecular formula is C20H41IN4O2S. The van der Waals surface area contributed by atoms with E-state index in [0.29, 0.717) is 6.42 Å². The van der Waals surface area contributed by atoms with E-state index in [4.69, 9.17) is 4.99 Å². The van der Waals surface area contributed by atoms with Gasteiger partial charge in [-0.1, -0.05) is 25.7 Å². The molecule has 166 valence electrons. The van der Waals surface area contributed by atoms with Gasteiger partial charge in [0.1, 0.15) is 9.84 Å². The SMILES string of the molecule is CCNC(=NCC1(N2CCCCC2)CCCCC1)NC(C)CCS(C)(=O)=O.I. The van der Waals surface area contributed by atoms with E-state index < -0.39 is 9.84 Å². The van der Waals surface area contributed by atoms with Crippen LogP contribution in [0.15, 0.2) is 4.99 Å². The lowest BCUT2D eigenvalue weighted by Gasteiger charge is -2.47. The summed E-state index contributed by atoms with van der Waals surface area (Å²) < 4.78 is 22.8. The molecule has 1 aliphatic heterocycles. The first-order valence-electron chi connectivity index (χ1n) is 10.8. The van der Waals surface area contributed by atoms with Crippen LogP contribution in [0.4, 0.5) is 0 Å². The number of guanidine groups is 1. The first-order chi connectivity index (χ1) is 12.8. The second-order valence-corrected chi connectivity index (χ2v) is 10.8. The Bertz CT molecular complexity index is 571.